The molecule has 0 aromatic heterocycles. The first-order valence-corrected chi connectivity index (χ1v) is 11.3. The summed E-state index contributed by atoms with van der Waals surface area (Å²) in [6, 6.07) is 21.1. The zero-order valence-electron chi connectivity index (χ0n) is 13.5. The molecule has 1 aliphatic heterocycles. The number of hydrogen-bond donors (Lipinski definition) is 0. The van der Waals surface area contributed by atoms with E-state index in [1.807, 2.05) is 0 Å². The number of para-hydroxylation sites is 1. The van der Waals surface area contributed by atoms with Gasteiger partial charge in [0.25, 0.3) is 0 Å². The Balaban J connectivity index is 2.04. The molecule has 0 aliphatic carbocycles. The van der Waals surface area contributed by atoms with Gasteiger partial charge in [0, 0.05) is 17.8 Å². The molecule has 0 saturated heterocycles. The van der Waals surface area contributed by atoms with Crippen LogP contribution >= 0.6 is 0 Å². The van der Waals surface area contributed by atoms with Crippen molar-refractivity contribution in [1.82, 2.24) is 0 Å². The third kappa shape index (κ3) is 3.25. The van der Waals surface area contributed by atoms with E-state index in [1.54, 1.807) is 0 Å². The van der Waals surface area contributed by atoms with Crippen molar-refractivity contribution >= 4 is 19.6 Å². The van der Waals surface area contributed by atoms with Crippen LogP contribution in [0.15, 0.2) is 66.5 Å². The molecule has 3 heteroatoms. The van der Waals surface area contributed by atoms with Gasteiger partial charge >= 0.3 is 0 Å². The summed E-state index contributed by atoms with van der Waals surface area (Å²) in [6.07, 6.45) is 1.03. The molecule has 2 aromatic rings. The first-order valence-electron chi connectivity index (χ1n) is 7.85. The molecular formula is C19H23NOSi. The van der Waals surface area contributed by atoms with Crippen LogP contribution in [0, 0.1) is 0 Å². The molecule has 1 aliphatic rings. The largest absolute Gasteiger partial charge is 0.532 e. The third-order valence-corrected chi connectivity index (χ3v) is 4.49. The van der Waals surface area contributed by atoms with E-state index in [2.05, 4.69) is 85.2 Å². The molecule has 0 atom stereocenters. The molecule has 114 valence electrons. The average molecular weight is 309 g/mol. The van der Waals surface area contributed by atoms with Gasteiger partial charge < -0.3 is 9.33 Å². The summed E-state index contributed by atoms with van der Waals surface area (Å²) in [6.45, 7) is 7.70. The van der Waals surface area contributed by atoms with E-state index in [-0.39, 0.29) is 0 Å². The Kier molecular flexibility index (Phi) is 4.07. The molecule has 0 fully saturated rings. The van der Waals surface area contributed by atoms with Gasteiger partial charge in [-0.2, -0.15) is 0 Å². The second-order valence-electron chi connectivity index (χ2n) is 6.60. The lowest BCUT2D eigenvalue weighted by atomic mass is 10.1. The highest BCUT2D eigenvalue weighted by atomic mass is 28.4. The topological polar surface area (TPSA) is 12.5 Å². The van der Waals surface area contributed by atoms with Crippen LogP contribution in [0.3, 0.4) is 0 Å². The summed E-state index contributed by atoms with van der Waals surface area (Å²) in [5, 5.41) is 0. The highest BCUT2D eigenvalue weighted by Crippen LogP contribution is 2.36. The van der Waals surface area contributed by atoms with E-state index in [0.29, 0.717) is 0 Å². The lowest BCUT2D eigenvalue weighted by Gasteiger charge is -2.29. The quantitative estimate of drug-likeness (QED) is 0.727. The van der Waals surface area contributed by atoms with Crippen molar-refractivity contribution in [3.8, 4) is 0 Å². The Bertz CT molecular complexity index is 659. The Morgan fingerprint density at radius 3 is 2.05 bits per heavy atom. The molecule has 2 aromatic carbocycles. The second kappa shape index (κ2) is 6.01. The van der Waals surface area contributed by atoms with Crippen LogP contribution in [0.2, 0.25) is 19.6 Å². The maximum absolute atomic E-state index is 6.48. The van der Waals surface area contributed by atoms with Crippen molar-refractivity contribution in [1.29, 1.82) is 0 Å². The van der Waals surface area contributed by atoms with Crippen LogP contribution in [0.4, 0.5) is 5.69 Å². The van der Waals surface area contributed by atoms with Crippen LogP contribution in [-0.4, -0.2) is 14.9 Å². The van der Waals surface area contributed by atoms with Crippen molar-refractivity contribution in [3.05, 3.63) is 72.1 Å². The molecule has 0 spiro atoms. The van der Waals surface area contributed by atoms with Gasteiger partial charge in [0.15, 0.2) is 5.88 Å². The minimum atomic E-state index is -1.67. The summed E-state index contributed by atoms with van der Waals surface area (Å²) in [7, 11) is -1.67. The number of benzene rings is 2. The van der Waals surface area contributed by atoms with Gasteiger partial charge in [0.2, 0.25) is 8.32 Å². The average Bonchev–Trinajstić information content (AvgIpc) is 2.90. The van der Waals surface area contributed by atoms with Crippen molar-refractivity contribution < 1.29 is 4.43 Å². The Morgan fingerprint density at radius 1 is 0.864 bits per heavy atom. The molecule has 0 radical (unpaired) electrons. The highest BCUT2D eigenvalue weighted by molar-refractivity contribution is 6.70. The zero-order valence-corrected chi connectivity index (χ0v) is 14.5. The lowest BCUT2D eigenvalue weighted by molar-refractivity contribution is 0.413. The van der Waals surface area contributed by atoms with Gasteiger partial charge in [0.05, 0.1) is 0 Å². The van der Waals surface area contributed by atoms with E-state index in [9.17, 15) is 0 Å². The first-order chi connectivity index (χ1) is 10.5. The Morgan fingerprint density at radius 2 is 1.45 bits per heavy atom. The number of rotatable bonds is 4. The van der Waals surface area contributed by atoms with Crippen LogP contribution in [0.25, 0.3) is 5.57 Å². The highest BCUT2D eigenvalue weighted by Gasteiger charge is 2.30. The normalized spacial score (nSPS) is 15.3. The van der Waals surface area contributed by atoms with Gasteiger partial charge in [-0.1, -0.05) is 48.5 Å². The minimum Gasteiger partial charge on any atom is -0.532 e. The fourth-order valence-corrected chi connectivity index (χ4v) is 3.58. The molecule has 0 amide bonds. The van der Waals surface area contributed by atoms with E-state index in [1.165, 1.54) is 16.8 Å². The van der Waals surface area contributed by atoms with Crippen molar-refractivity contribution in [2.45, 2.75) is 26.1 Å². The van der Waals surface area contributed by atoms with Crippen LogP contribution < -0.4 is 4.90 Å². The zero-order chi connectivity index (χ0) is 15.6. The Hall–Kier alpha value is -2.00. The molecule has 22 heavy (non-hydrogen) atoms. The van der Waals surface area contributed by atoms with Crippen molar-refractivity contribution in [2.24, 2.45) is 0 Å². The minimum absolute atomic E-state index is 0.980. The van der Waals surface area contributed by atoms with Crippen LogP contribution in [0.1, 0.15) is 12.0 Å². The van der Waals surface area contributed by atoms with Gasteiger partial charge in [0.1, 0.15) is 0 Å². The maximum atomic E-state index is 6.48. The van der Waals surface area contributed by atoms with E-state index >= 15 is 0 Å². The van der Waals surface area contributed by atoms with Crippen LogP contribution in [-0.2, 0) is 4.43 Å². The van der Waals surface area contributed by atoms with E-state index < -0.39 is 8.32 Å². The molecule has 1 heterocycles. The number of anilines is 1. The molecule has 2 nitrogen and oxygen atoms in total. The van der Waals surface area contributed by atoms with Gasteiger partial charge in [-0.05, 0) is 43.8 Å². The smallest absolute Gasteiger partial charge is 0.244 e. The number of hydrogen-bond acceptors (Lipinski definition) is 2. The van der Waals surface area contributed by atoms with Crippen LogP contribution in [0.5, 0.6) is 0 Å². The summed E-state index contributed by atoms with van der Waals surface area (Å²) in [5.41, 5.74) is 3.81. The molecule has 3 rings (SSSR count). The summed E-state index contributed by atoms with van der Waals surface area (Å²) in [4.78, 5) is 2.32. The molecule has 0 N–H and O–H groups in total. The molecule has 0 bridgehead atoms. The fraction of sp³-hybridized carbons (Fsp3) is 0.263. The first kappa shape index (κ1) is 14.9. The third-order valence-electron chi connectivity index (χ3n) is 3.68. The molecular weight excluding hydrogens is 286 g/mol. The lowest BCUT2D eigenvalue weighted by Crippen LogP contribution is -2.31. The monoisotopic (exact) mass is 309 g/mol. The van der Waals surface area contributed by atoms with Gasteiger partial charge in [-0.25, -0.2) is 0 Å². The fourth-order valence-electron chi connectivity index (χ4n) is 2.76. The maximum Gasteiger partial charge on any atom is 0.244 e. The van der Waals surface area contributed by atoms with Crippen molar-refractivity contribution in [2.75, 3.05) is 11.4 Å². The second-order valence-corrected chi connectivity index (χ2v) is 11.0. The van der Waals surface area contributed by atoms with Gasteiger partial charge in [-0.3, -0.25) is 0 Å². The van der Waals surface area contributed by atoms with Crippen molar-refractivity contribution in [3.63, 3.8) is 0 Å². The number of nitrogens with zero attached hydrogens (tertiary/aromatic N) is 1. The predicted molar refractivity (Wildman–Crippen MR) is 96.2 cm³/mol. The SMILES string of the molecule is C[Si](C)(C)OC1=C(c2ccccc2)CCN1c1ccccc1. The predicted octanol–water partition coefficient (Wildman–Crippen LogP) is 5.12. The summed E-state index contributed by atoms with van der Waals surface area (Å²) >= 11 is 0. The van der Waals surface area contributed by atoms with E-state index in [4.69, 9.17) is 4.43 Å². The standard InChI is InChI=1S/C19H23NOSi/c1-22(2,3)21-19-18(16-10-6-4-7-11-16)14-15-20(19)17-12-8-5-9-13-17/h4-13H,14-15H2,1-3H3. The molecule has 0 saturated carbocycles. The van der Waals surface area contributed by atoms with E-state index in [0.717, 1.165) is 18.8 Å². The summed E-state index contributed by atoms with van der Waals surface area (Å²) < 4.78 is 6.48. The van der Waals surface area contributed by atoms with Gasteiger partial charge in [-0.15, -0.1) is 0 Å². The molecule has 0 unspecified atom stereocenters. The Labute approximate surface area is 134 Å². The summed E-state index contributed by atoms with van der Waals surface area (Å²) in [5.74, 6) is 1.05.